The summed E-state index contributed by atoms with van der Waals surface area (Å²) in [6.45, 7) is 6.47. The lowest BCUT2D eigenvalue weighted by molar-refractivity contribution is 0.266. The van der Waals surface area contributed by atoms with Crippen molar-refractivity contribution in [3.05, 3.63) is 11.3 Å². The molecule has 2 atom stereocenters. The highest BCUT2D eigenvalue weighted by atomic mass is 35.5. The average Bonchev–Trinajstić information content (AvgIpc) is 2.78. The van der Waals surface area contributed by atoms with E-state index in [2.05, 4.69) is 35.9 Å². The number of nitrogens with zero attached hydrogens (tertiary/aromatic N) is 4. The molecule has 0 N–H and O–H groups in total. The highest BCUT2D eigenvalue weighted by Crippen LogP contribution is 2.30. The minimum atomic E-state index is 0.534. The van der Waals surface area contributed by atoms with Crippen LogP contribution in [0.25, 0.3) is 0 Å². The third kappa shape index (κ3) is 2.24. The van der Waals surface area contributed by atoms with Crippen molar-refractivity contribution in [1.82, 2.24) is 14.7 Å². The maximum absolute atomic E-state index is 6.07. The Bertz CT molecular complexity index is 427. The quantitative estimate of drug-likeness (QED) is 0.784. The molecule has 1 aliphatic heterocycles. The zero-order valence-electron chi connectivity index (χ0n) is 11.9. The Labute approximate surface area is 115 Å². The molecule has 2 rings (SSSR count). The Morgan fingerprint density at radius 2 is 2.06 bits per heavy atom. The summed E-state index contributed by atoms with van der Waals surface area (Å²) in [5.74, 6) is 2.39. The molecular weight excluding hydrogens is 248 g/mol. The maximum atomic E-state index is 6.07. The molecule has 2 unspecified atom stereocenters. The predicted molar refractivity (Wildman–Crippen MR) is 76.4 cm³/mol. The Kier molecular flexibility index (Phi) is 3.87. The fourth-order valence-electron chi connectivity index (χ4n) is 3.04. The molecule has 18 heavy (non-hydrogen) atoms. The molecular formula is C13H23ClN4. The molecule has 0 aliphatic carbocycles. The fourth-order valence-corrected chi connectivity index (χ4v) is 3.35. The molecule has 1 aliphatic rings. The predicted octanol–water partition coefficient (Wildman–Crippen LogP) is 1.85. The van der Waals surface area contributed by atoms with Gasteiger partial charge in [0.25, 0.3) is 0 Å². The third-order valence-corrected chi connectivity index (χ3v) is 4.25. The van der Waals surface area contributed by atoms with Gasteiger partial charge in [-0.3, -0.25) is 4.68 Å². The van der Waals surface area contributed by atoms with Crippen molar-refractivity contribution < 1.29 is 0 Å². The number of rotatable bonds is 3. The first kappa shape index (κ1) is 13.7. The average molecular weight is 271 g/mol. The Balaban J connectivity index is 2.29. The SMILES string of the molecule is Cc1nn(C)c(N2CC(C)C(N(C)C)C2)c1CCl. The first-order valence-electron chi connectivity index (χ1n) is 6.45. The van der Waals surface area contributed by atoms with E-state index in [-0.39, 0.29) is 0 Å². The van der Waals surface area contributed by atoms with Crippen LogP contribution in [0, 0.1) is 12.8 Å². The van der Waals surface area contributed by atoms with Crippen LogP contribution in [-0.2, 0) is 12.9 Å². The van der Waals surface area contributed by atoms with E-state index in [4.69, 9.17) is 11.6 Å². The van der Waals surface area contributed by atoms with E-state index in [9.17, 15) is 0 Å². The normalized spacial score (nSPS) is 24.3. The van der Waals surface area contributed by atoms with Crippen LogP contribution in [0.1, 0.15) is 18.2 Å². The Morgan fingerprint density at radius 3 is 2.56 bits per heavy atom. The number of aryl methyl sites for hydroxylation is 2. The van der Waals surface area contributed by atoms with Crippen LogP contribution in [0.3, 0.4) is 0 Å². The monoisotopic (exact) mass is 270 g/mol. The number of likely N-dealkylation sites (N-methyl/N-ethyl adjacent to an activating group) is 1. The Morgan fingerprint density at radius 1 is 1.39 bits per heavy atom. The van der Waals surface area contributed by atoms with Crippen molar-refractivity contribution in [3.8, 4) is 0 Å². The van der Waals surface area contributed by atoms with Crippen molar-refractivity contribution in [3.63, 3.8) is 0 Å². The summed E-state index contributed by atoms with van der Waals surface area (Å²) in [6, 6.07) is 0.600. The second-order valence-corrected chi connectivity index (χ2v) is 5.83. The summed E-state index contributed by atoms with van der Waals surface area (Å²) in [4.78, 5) is 4.74. The minimum Gasteiger partial charge on any atom is -0.355 e. The van der Waals surface area contributed by atoms with Crippen LogP contribution in [-0.4, -0.2) is 47.9 Å². The van der Waals surface area contributed by atoms with E-state index in [1.54, 1.807) is 0 Å². The maximum Gasteiger partial charge on any atom is 0.131 e. The summed E-state index contributed by atoms with van der Waals surface area (Å²) in [5.41, 5.74) is 2.22. The van der Waals surface area contributed by atoms with Crippen molar-refractivity contribution in [1.29, 1.82) is 0 Å². The van der Waals surface area contributed by atoms with Crippen LogP contribution in [0.5, 0.6) is 0 Å². The second kappa shape index (κ2) is 5.10. The topological polar surface area (TPSA) is 24.3 Å². The highest BCUT2D eigenvalue weighted by Gasteiger charge is 2.33. The van der Waals surface area contributed by atoms with Gasteiger partial charge in [0, 0.05) is 31.7 Å². The number of halogens is 1. The van der Waals surface area contributed by atoms with E-state index in [0.717, 1.165) is 18.8 Å². The lowest BCUT2D eigenvalue weighted by Crippen LogP contribution is -2.34. The largest absolute Gasteiger partial charge is 0.355 e. The van der Waals surface area contributed by atoms with Gasteiger partial charge in [0.15, 0.2) is 0 Å². The summed E-state index contributed by atoms with van der Waals surface area (Å²) in [7, 11) is 6.31. The van der Waals surface area contributed by atoms with Gasteiger partial charge < -0.3 is 9.80 Å². The lowest BCUT2D eigenvalue weighted by Gasteiger charge is -2.23. The molecule has 1 fully saturated rings. The molecule has 5 heteroatoms. The second-order valence-electron chi connectivity index (χ2n) is 5.56. The first-order chi connectivity index (χ1) is 8.45. The van der Waals surface area contributed by atoms with Crippen LogP contribution in [0.4, 0.5) is 5.82 Å². The number of hydrogen-bond donors (Lipinski definition) is 0. The minimum absolute atomic E-state index is 0.534. The van der Waals surface area contributed by atoms with Gasteiger partial charge in [-0.25, -0.2) is 0 Å². The van der Waals surface area contributed by atoms with Crippen LogP contribution in [0.2, 0.25) is 0 Å². The molecule has 0 aromatic carbocycles. The molecule has 0 spiro atoms. The van der Waals surface area contributed by atoms with Crippen molar-refractivity contribution >= 4 is 17.4 Å². The molecule has 1 aromatic rings. The standard InChI is InChI=1S/C13H23ClN4/c1-9-7-18(8-12(9)16(3)4)13-11(6-14)10(2)15-17(13)5/h9,12H,6-8H2,1-5H3. The third-order valence-electron chi connectivity index (χ3n) is 3.98. The molecule has 102 valence electrons. The molecule has 2 heterocycles. The Hall–Kier alpha value is -0.740. The number of hydrogen-bond acceptors (Lipinski definition) is 3. The smallest absolute Gasteiger partial charge is 0.131 e. The number of alkyl halides is 1. The van der Waals surface area contributed by atoms with Gasteiger partial charge in [-0.15, -0.1) is 11.6 Å². The summed E-state index contributed by atoms with van der Waals surface area (Å²) < 4.78 is 1.97. The summed E-state index contributed by atoms with van der Waals surface area (Å²) in [6.07, 6.45) is 0. The molecule has 0 bridgehead atoms. The molecule has 1 aromatic heterocycles. The van der Waals surface area contributed by atoms with Crippen molar-refractivity contribution in [2.75, 3.05) is 32.1 Å². The van der Waals surface area contributed by atoms with Gasteiger partial charge in [-0.05, 0) is 26.9 Å². The molecule has 0 radical (unpaired) electrons. The first-order valence-corrected chi connectivity index (χ1v) is 6.99. The molecule has 0 saturated carbocycles. The fraction of sp³-hybridized carbons (Fsp3) is 0.769. The van der Waals surface area contributed by atoms with Crippen molar-refractivity contribution in [2.24, 2.45) is 13.0 Å². The van der Waals surface area contributed by atoms with E-state index < -0.39 is 0 Å². The van der Waals surface area contributed by atoms with Crippen LogP contribution in [0.15, 0.2) is 0 Å². The number of aromatic nitrogens is 2. The lowest BCUT2D eigenvalue weighted by atomic mass is 10.1. The summed E-state index contributed by atoms with van der Waals surface area (Å²) in [5, 5.41) is 4.50. The van der Waals surface area contributed by atoms with E-state index in [1.807, 2.05) is 18.7 Å². The zero-order valence-corrected chi connectivity index (χ0v) is 12.7. The van der Waals surface area contributed by atoms with Crippen LogP contribution < -0.4 is 4.90 Å². The van der Waals surface area contributed by atoms with Gasteiger partial charge in [-0.1, -0.05) is 6.92 Å². The van der Waals surface area contributed by atoms with Gasteiger partial charge in [0.05, 0.1) is 11.6 Å². The van der Waals surface area contributed by atoms with E-state index in [1.165, 1.54) is 11.4 Å². The summed E-state index contributed by atoms with van der Waals surface area (Å²) >= 11 is 6.07. The highest BCUT2D eigenvalue weighted by molar-refractivity contribution is 6.17. The molecule has 1 saturated heterocycles. The zero-order chi connectivity index (χ0) is 13.4. The van der Waals surface area contributed by atoms with Crippen LogP contribution >= 0.6 is 11.6 Å². The molecule has 4 nitrogen and oxygen atoms in total. The molecule has 0 amide bonds. The van der Waals surface area contributed by atoms with E-state index >= 15 is 0 Å². The van der Waals surface area contributed by atoms with Gasteiger partial charge in [-0.2, -0.15) is 5.10 Å². The van der Waals surface area contributed by atoms with Gasteiger partial charge >= 0.3 is 0 Å². The van der Waals surface area contributed by atoms with Crippen molar-refractivity contribution in [2.45, 2.75) is 25.8 Å². The number of anilines is 1. The van der Waals surface area contributed by atoms with E-state index in [0.29, 0.717) is 17.8 Å². The van der Waals surface area contributed by atoms with Gasteiger partial charge in [0.2, 0.25) is 0 Å². The van der Waals surface area contributed by atoms with Gasteiger partial charge in [0.1, 0.15) is 5.82 Å².